The standard InChI is InChI=1S/C20H22N4O2/c1-14-17-9-10-18(20(25)21-15-6-5-12-26-13-11-15)22-19(17)24(23-14)16-7-3-2-4-8-16/h2-4,7-10,15H,5-6,11-13H2,1H3,(H,21,25). The number of hydrogen-bond donors (Lipinski definition) is 1. The molecule has 4 rings (SSSR count). The molecule has 0 bridgehead atoms. The number of pyridine rings is 1. The summed E-state index contributed by atoms with van der Waals surface area (Å²) in [5.41, 5.74) is 2.94. The maximum Gasteiger partial charge on any atom is 0.270 e. The van der Waals surface area contributed by atoms with Crippen LogP contribution in [0.2, 0.25) is 0 Å². The van der Waals surface area contributed by atoms with Crippen molar-refractivity contribution in [3.05, 3.63) is 53.9 Å². The third-order valence-corrected chi connectivity index (χ3v) is 4.74. The molecule has 0 spiro atoms. The van der Waals surface area contributed by atoms with Crippen molar-refractivity contribution in [1.29, 1.82) is 0 Å². The number of carbonyl (C=O) groups is 1. The second-order valence-corrected chi connectivity index (χ2v) is 6.61. The van der Waals surface area contributed by atoms with Crippen molar-refractivity contribution < 1.29 is 9.53 Å². The van der Waals surface area contributed by atoms with Gasteiger partial charge in [0.15, 0.2) is 5.65 Å². The van der Waals surface area contributed by atoms with Crippen molar-refractivity contribution in [2.45, 2.75) is 32.2 Å². The van der Waals surface area contributed by atoms with Crippen molar-refractivity contribution in [1.82, 2.24) is 20.1 Å². The van der Waals surface area contributed by atoms with Crippen LogP contribution >= 0.6 is 0 Å². The van der Waals surface area contributed by atoms with Crippen molar-refractivity contribution >= 4 is 16.9 Å². The Morgan fingerprint density at radius 3 is 2.85 bits per heavy atom. The van der Waals surface area contributed by atoms with Gasteiger partial charge in [0, 0.05) is 24.6 Å². The van der Waals surface area contributed by atoms with Crippen molar-refractivity contribution in [2.24, 2.45) is 0 Å². The highest BCUT2D eigenvalue weighted by molar-refractivity contribution is 5.95. The fraction of sp³-hybridized carbons (Fsp3) is 0.350. The number of hydrogen-bond acceptors (Lipinski definition) is 4. The Kier molecular flexibility index (Phi) is 4.67. The van der Waals surface area contributed by atoms with Crippen LogP contribution in [0.3, 0.4) is 0 Å². The lowest BCUT2D eigenvalue weighted by Gasteiger charge is -2.15. The Balaban J connectivity index is 1.65. The quantitative estimate of drug-likeness (QED) is 0.788. The third kappa shape index (κ3) is 3.32. The number of ether oxygens (including phenoxy) is 1. The normalized spacial score (nSPS) is 17.8. The van der Waals surface area contributed by atoms with Gasteiger partial charge in [0.05, 0.1) is 11.4 Å². The maximum atomic E-state index is 12.7. The number of nitrogens with zero attached hydrogens (tertiary/aromatic N) is 3. The number of benzene rings is 1. The molecule has 6 nitrogen and oxygen atoms in total. The maximum absolute atomic E-state index is 12.7. The van der Waals surface area contributed by atoms with E-state index in [4.69, 9.17) is 4.74 Å². The Labute approximate surface area is 152 Å². The summed E-state index contributed by atoms with van der Waals surface area (Å²) in [6.45, 7) is 3.41. The van der Waals surface area contributed by atoms with Gasteiger partial charge in [0.25, 0.3) is 5.91 Å². The summed E-state index contributed by atoms with van der Waals surface area (Å²) in [5, 5.41) is 8.64. The Morgan fingerprint density at radius 1 is 1.15 bits per heavy atom. The average Bonchev–Trinajstić information content (AvgIpc) is 2.83. The molecule has 26 heavy (non-hydrogen) atoms. The average molecular weight is 350 g/mol. The second-order valence-electron chi connectivity index (χ2n) is 6.61. The first-order valence-corrected chi connectivity index (χ1v) is 9.03. The van der Waals surface area contributed by atoms with E-state index in [1.165, 1.54) is 0 Å². The monoisotopic (exact) mass is 350 g/mol. The highest BCUT2D eigenvalue weighted by Gasteiger charge is 2.18. The summed E-state index contributed by atoms with van der Waals surface area (Å²) in [5.74, 6) is -0.141. The van der Waals surface area contributed by atoms with E-state index >= 15 is 0 Å². The van der Waals surface area contributed by atoms with Gasteiger partial charge in [-0.25, -0.2) is 9.67 Å². The summed E-state index contributed by atoms with van der Waals surface area (Å²) < 4.78 is 7.25. The molecule has 1 N–H and O–H groups in total. The van der Waals surface area contributed by atoms with Crippen LogP contribution in [-0.4, -0.2) is 39.9 Å². The van der Waals surface area contributed by atoms with E-state index in [0.717, 1.165) is 42.6 Å². The molecule has 1 amide bonds. The molecule has 3 heterocycles. The molecular formula is C20H22N4O2. The van der Waals surface area contributed by atoms with Gasteiger partial charge in [-0.15, -0.1) is 0 Å². The summed E-state index contributed by atoms with van der Waals surface area (Å²) in [4.78, 5) is 17.3. The lowest BCUT2D eigenvalue weighted by atomic mass is 10.1. The number of aromatic nitrogens is 3. The van der Waals surface area contributed by atoms with Gasteiger partial charge in [-0.3, -0.25) is 4.79 Å². The van der Waals surface area contributed by atoms with Gasteiger partial charge in [-0.05, 0) is 50.5 Å². The minimum atomic E-state index is -0.141. The summed E-state index contributed by atoms with van der Waals surface area (Å²) in [6.07, 6.45) is 2.75. The largest absolute Gasteiger partial charge is 0.381 e. The SMILES string of the molecule is Cc1nn(-c2ccccc2)c2nc(C(=O)NC3CCCOCC3)ccc12. The van der Waals surface area contributed by atoms with Crippen LogP contribution in [0.4, 0.5) is 0 Å². The fourth-order valence-electron chi connectivity index (χ4n) is 3.33. The van der Waals surface area contributed by atoms with Crippen LogP contribution in [0.15, 0.2) is 42.5 Å². The number of nitrogens with one attached hydrogen (secondary N) is 1. The minimum absolute atomic E-state index is 0.141. The first-order chi connectivity index (χ1) is 12.7. The summed E-state index contributed by atoms with van der Waals surface area (Å²) in [7, 11) is 0. The highest BCUT2D eigenvalue weighted by atomic mass is 16.5. The number of para-hydroxylation sites is 1. The van der Waals surface area contributed by atoms with Crippen LogP contribution in [-0.2, 0) is 4.74 Å². The molecule has 0 aliphatic carbocycles. The zero-order valence-corrected chi connectivity index (χ0v) is 14.8. The van der Waals surface area contributed by atoms with Crippen molar-refractivity contribution in [2.75, 3.05) is 13.2 Å². The van der Waals surface area contributed by atoms with Gasteiger partial charge < -0.3 is 10.1 Å². The van der Waals surface area contributed by atoms with E-state index in [1.807, 2.05) is 43.3 Å². The number of aryl methyl sites for hydroxylation is 1. The molecule has 1 unspecified atom stereocenters. The molecule has 1 aliphatic rings. The summed E-state index contributed by atoms with van der Waals surface area (Å²) >= 11 is 0. The summed E-state index contributed by atoms with van der Waals surface area (Å²) in [6, 6.07) is 13.7. The second kappa shape index (κ2) is 7.25. The van der Waals surface area contributed by atoms with Crippen LogP contribution in [0.1, 0.15) is 35.4 Å². The molecule has 0 radical (unpaired) electrons. The first-order valence-electron chi connectivity index (χ1n) is 9.03. The smallest absolute Gasteiger partial charge is 0.270 e. The predicted octanol–water partition coefficient (Wildman–Crippen LogP) is 3.03. The number of fused-ring (bicyclic) bond motifs is 1. The minimum Gasteiger partial charge on any atom is -0.381 e. The first kappa shape index (κ1) is 16.7. The van der Waals surface area contributed by atoms with E-state index in [-0.39, 0.29) is 11.9 Å². The molecule has 6 heteroatoms. The number of rotatable bonds is 3. The van der Waals surface area contributed by atoms with E-state index in [9.17, 15) is 4.79 Å². The van der Waals surface area contributed by atoms with Gasteiger partial charge in [0.2, 0.25) is 0 Å². The van der Waals surface area contributed by atoms with Gasteiger partial charge >= 0.3 is 0 Å². The Hall–Kier alpha value is -2.73. The van der Waals surface area contributed by atoms with Gasteiger partial charge in [-0.2, -0.15) is 5.10 Å². The zero-order valence-electron chi connectivity index (χ0n) is 14.8. The van der Waals surface area contributed by atoms with E-state index in [2.05, 4.69) is 15.4 Å². The van der Waals surface area contributed by atoms with Crippen LogP contribution in [0.5, 0.6) is 0 Å². The molecule has 1 aromatic carbocycles. The molecule has 0 saturated carbocycles. The van der Waals surface area contributed by atoms with Gasteiger partial charge in [-0.1, -0.05) is 18.2 Å². The third-order valence-electron chi connectivity index (χ3n) is 4.74. The van der Waals surface area contributed by atoms with Crippen LogP contribution < -0.4 is 5.32 Å². The molecular weight excluding hydrogens is 328 g/mol. The molecule has 134 valence electrons. The van der Waals surface area contributed by atoms with Crippen molar-refractivity contribution in [3.8, 4) is 5.69 Å². The fourth-order valence-corrected chi connectivity index (χ4v) is 3.33. The topological polar surface area (TPSA) is 69.0 Å². The molecule has 1 fully saturated rings. The lowest BCUT2D eigenvalue weighted by molar-refractivity contribution is 0.0925. The zero-order chi connectivity index (χ0) is 17.9. The van der Waals surface area contributed by atoms with E-state index < -0.39 is 0 Å². The Bertz CT molecular complexity index is 912. The highest BCUT2D eigenvalue weighted by Crippen LogP contribution is 2.20. The molecule has 1 saturated heterocycles. The van der Waals surface area contributed by atoms with Crippen molar-refractivity contribution in [3.63, 3.8) is 0 Å². The van der Waals surface area contributed by atoms with Gasteiger partial charge in [0.1, 0.15) is 5.69 Å². The lowest BCUT2D eigenvalue weighted by Crippen LogP contribution is -2.35. The van der Waals surface area contributed by atoms with Crippen LogP contribution in [0.25, 0.3) is 16.7 Å². The molecule has 3 aromatic rings. The molecule has 1 aliphatic heterocycles. The molecule has 1 atom stereocenters. The number of amides is 1. The number of carbonyl (C=O) groups excluding carboxylic acids is 1. The van der Waals surface area contributed by atoms with E-state index in [0.29, 0.717) is 17.9 Å². The van der Waals surface area contributed by atoms with E-state index in [1.54, 1.807) is 10.7 Å². The molecule has 2 aromatic heterocycles. The predicted molar refractivity (Wildman–Crippen MR) is 99.5 cm³/mol. The Morgan fingerprint density at radius 2 is 2.00 bits per heavy atom. The van der Waals surface area contributed by atoms with Crippen LogP contribution in [0, 0.1) is 6.92 Å².